The van der Waals surface area contributed by atoms with Crippen molar-refractivity contribution in [3.8, 4) is 11.6 Å². The number of carbonyl (C=O) groups is 1. The fourth-order valence-corrected chi connectivity index (χ4v) is 2.29. The van der Waals surface area contributed by atoms with Gasteiger partial charge in [0.2, 0.25) is 11.8 Å². The van der Waals surface area contributed by atoms with Crippen molar-refractivity contribution < 1.29 is 24.9 Å². The average Bonchev–Trinajstić information content (AvgIpc) is 2.97. The monoisotopic (exact) mass is 346 g/mol. The third-order valence-corrected chi connectivity index (χ3v) is 3.38. The van der Waals surface area contributed by atoms with Gasteiger partial charge in [0.15, 0.2) is 0 Å². The molecule has 0 saturated heterocycles. The van der Waals surface area contributed by atoms with Crippen molar-refractivity contribution in [2.75, 3.05) is 12.4 Å². The van der Waals surface area contributed by atoms with Gasteiger partial charge in [0.25, 0.3) is 0 Å². The summed E-state index contributed by atoms with van der Waals surface area (Å²) in [6.45, 7) is -0.0106. The first-order valence-electron chi connectivity index (χ1n) is 7.07. The van der Waals surface area contributed by atoms with Gasteiger partial charge in [-0.2, -0.15) is 10.1 Å². The van der Waals surface area contributed by atoms with Gasteiger partial charge in [0.1, 0.15) is 22.5 Å². The standard InChI is InChI=1S/C14H14N6O5/c1-25-10-2-7(6-21)3-15-9(10)5-20-11-8(4-16-20)17-13(18-12(11)22)19-14(23)24/h2-4,21H,5-6H2,1H3,(H,23,24)(H2,17,18,19,22). The molecule has 0 aliphatic rings. The van der Waals surface area contributed by atoms with E-state index in [1.54, 1.807) is 6.07 Å². The molecule has 0 spiro atoms. The molecule has 0 atom stereocenters. The lowest BCUT2D eigenvalue weighted by Gasteiger charge is -2.10. The maximum atomic E-state index is 10.7. The molecule has 11 heteroatoms. The molecule has 3 heterocycles. The Bertz CT molecular complexity index is 941. The number of hydrogen-bond donors (Lipinski definition) is 4. The van der Waals surface area contributed by atoms with Crippen molar-refractivity contribution in [2.24, 2.45) is 0 Å². The zero-order valence-electron chi connectivity index (χ0n) is 13.0. The van der Waals surface area contributed by atoms with Gasteiger partial charge in [-0.15, -0.1) is 0 Å². The maximum Gasteiger partial charge on any atom is 0.411 e. The molecule has 25 heavy (non-hydrogen) atoms. The highest BCUT2D eigenvalue weighted by atomic mass is 16.5. The lowest BCUT2D eigenvalue weighted by molar-refractivity contribution is 0.209. The van der Waals surface area contributed by atoms with Gasteiger partial charge < -0.3 is 20.1 Å². The lowest BCUT2D eigenvalue weighted by atomic mass is 10.2. The smallest absolute Gasteiger partial charge is 0.411 e. The number of amides is 1. The van der Waals surface area contributed by atoms with Crippen LogP contribution >= 0.6 is 0 Å². The Morgan fingerprint density at radius 2 is 2.16 bits per heavy atom. The van der Waals surface area contributed by atoms with Crippen molar-refractivity contribution in [2.45, 2.75) is 13.2 Å². The molecule has 0 aliphatic heterocycles. The molecule has 4 N–H and O–H groups in total. The van der Waals surface area contributed by atoms with E-state index in [1.165, 1.54) is 24.2 Å². The van der Waals surface area contributed by atoms with Crippen molar-refractivity contribution >= 4 is 23.1 Å². The van der Waals surface area contributed by atoms with Crippen LogP contribution in [-0.4, -0.2) is 53.3 Å². The van der Waals surface area contributed by atoms with Crippen LogP contribution in [0.25, 0.3) is 11.0 Å². The first-order chi connectivity index (χ1) is 12.0. The first kappa shape index (κ1) is 16.4. The largest absolute Gasteiger partial charge is 0.495 e. The van der Waals surface area contributed by atoms with Crippen molar-refractivity contribution in [3.05, 3.63) is 29.7 Å². The van der Waals surface area contributed by atoms with Gasteiger partial charge in [0, 0.05) is 6.20 Å². The Labute approximate surface area is 140 Å². The summed E-state index contributed by atoms with van der Waals surface area (Å²) < 4.78 is 6.67. The van der Waals surface area contributed by atoms with E-state index >= 15 is 0 Å². The lowest BCUT2D eigenvalue weighted by Crippen LogP contribution is -2.11. The van der Waals surface area contributed by atoms with Crippen LogP contribution < -0.4 is 10.1 Å². The SMILES string of the molecule is COc1cc(CO)cnc1Cn1ncc2nc(NC(=O)O)nc(O)c21. The zero-order chi connectivity index (χ0) is 18.0. The summed E-state index contributed by atoms with van der Waals surface area (Å²) in [6, 6.07) is 1.65. The number of nitrogens with zero attached hydrogens (tertiary/aromatic N) is 5. The van der Waals surface area contributed by atoms with Gasteiger partial charge in [-0.3, -0.25) is 15.0 Å². The van der Waals surface area contributed by atoms with Crippen molar-refractivity contribution in [1.82, 2.24) is 24.7 Å². The van der Waals surface area contributed by atoms with Gasteiger partial charge in [0.05, 0.1) is 26.5 Å². The van der Waals surface area contributed by atoms with E-state index in [0.29, 0.717) is 17.0 Å². The Morgan fingerprint density at radius 3 is 2.84 bits per heavy atom. The number of methoxy groups -OCH3 is 1. The summed E-state index contributed by atoms with van der Waals surface area (Å²) in [5, 5.41) is 34.0. The minimum Gasteiger partial charge on any atom is -0.495 e. The van der Waals surface area contributed by atoms with Gasteiger partial charge in [-0.1, -0.05) is 0 Å². The molecule has 0 saturated carbocycles. The molecule has 0 bridgehead atoms. The second kappa shape index (κ2) is 6.57. The third-order valence-electron chi connectivity index (χ3n) is 3.38. The fraction of sp³-hybridized carbons (Fsp3) is 0.214. The summed E-state index contributed by atoms with van der Waals surface area (Å²) in [5.41, 5.74) is 1.62. The van der Waals surface area contributed by atoms with Crippen molar-refractivity contribution in [1.29, 1.82) is 0 Å². The molecule has 0 unspecified atom stereocenters. The van der Waals surface area contributed by atoms with Crippen LogP contribution in [0, 0.1) is 0 Å². The molecule has 11 nitrogen and oxygen atoms in total. The molecule has 3 aromatic heterocycles. The first-order valence-corrected chi connectivity index (χ1v) is 7.07. The summed E-state index contributed by atoms with van der Waals surface area (Å²) >= 11 is 0. The van der Waals surface area contributed by atoms with Gasteiger partial charge in [-0.25, -0.2) is 9.78 Å². The van der Waals surface area contributed by atoms with E-state index in [-0.39, 0.29) is 30.1 Å². The molecule has 130 valence electrons. The highest BCUT2D eigenvalue weighted by molar-refractivity contribution is 5.85. The number of nitrogens with one attached hydrogen (secondary N) is 1. The molecule has 1 amide bonds. The number of rotatable bonds is 5. The summed E-state index contributed by atoms with van der Waals surface area (Å²) in [6.07, 6.45) is 1.54. The molecular weight excluding hydrogens is 332 g/mol. The van der Waals surface area contributed by atoms with E-state index in [4.69, 9.17) is 14.9 Å². The Hall–Kier alpha value is -3.47. The van der Waals surface area contributed by atoms with E-state index in [2.05, 4.69) is 20.1 Å². The Balaban J connectivity index is 1.99. The van der Waals surface area contributed by atoms with Crippen LogP contribution in [0.15, 0.2) is 18.5 Å². The van der Waals surface area contributed by atoms with Crippen LogP contribution in [0.4, 0.5) is 10.7 Å². The van der Waals surface area contributed by atoms with Crippen molar-refractivity contribution in [3.63, 3.8) is 0 Å². The summed E-state index contributed by atoms with van der Waals surface area (Å²) in [5.74, 6) is -0.211. The zero-order valence-corrected chi connectivity index (χ0v) is 13.0. The van der Waals surface area contributed by atoms with Gasteiger partial charge in [-0.05, 0) is 11.6 Å². The molecule has 0 aromatic carbocycles. The molecule has 0 aliphatic carbocycles. The minimum absolute atomic E-state index is 0.154. The van der Waals surface area contributed by atoms with E-state index < -0.39 is 12.0 Å². The predicted octanol–water partition coefficient (Wildman–Crippen LogP) is 0.566. The normalized spacial score (nSPS) is 10.8. The number of hydrogen-bond acceptors (Lipinski definition) is 8. The van der Waals surface area contributed by atoms with Crippen LogP contribution in [0.5, 0.6) is 11.6 Å². The molecular formula is C14H14N6O5. The number of anilines is 1. The predicted molar refractivity (Wildman–Crippen MR) is 84.4 cm³/mol. The average molecular weight is 346 g/mol. The second-order valence-electron chi connectivity index (χ2n) is 4.99. The Morgan fingerprint density at radius 1 is 1.36 bits per heavy atom. The molecule has 0 fully saturated rings. The highest BCUT2D eigenvalue weighted by Crippen LogP contribution is 2.25. The summed E-state index contributed by atoms with van der Waals surface area (Å²) in [7, 11) is 1.48. The number of ether oxygens (including phenoxy) is 1. The van der Waals surface area contributed by atoms with E-state index in [9.17, 15) is 9.90 Å². The third kappa shape index (κ3) is 3.26. The number of fused-ring (bicyclic) bond motifs is 1. The van der Waals surface area contributed by atoms with Crippen LogP contribution in [0.3, 0.4) is 0 Å². The number of pyridine rings is 1. The minimum atomic E-state index is -1.34. The number of aromatic nitrogens is 5. The molecule has 0 radical (unpaired) electrons. The van der Waals surface area contributed by atoms with Gasteiger partial charge >= 0.3 is 6.09 Å². The Kier molecular flexibility index (Phi) is 4.31. The second-order valence-corrected chi connectivity index (χ2v) is 4.99. The number of aliphatic hydroxyl groups is 1. The van der Waals surface area contributed by atoms with Crippen LogP contribution in [-0.2, 0) is 13.2 Å². The number of aliphatic hydroxyl groups excluding tert-OH is 1. The number of carboxylic acid groups (broad SMARTS) is 1. The summed E-state index contributed by atoms with van der Waals surface area (Å²) in [4.78, 5) is 22.6. The fourth-order valence-electron chi connectivity index (χ4n) is 2.29. The topological polar surface area (TPSA) is 156 Å². The number of aromatic hydroxyl groups is 1. The molecule has 3 aromatic rings. The van der Waals surface area contributed by atoms with Crippen LogP contribution in [0.2, 0.25) is 0 Å². The van der Waals surface area contributed by atoms with Crippen LogP contribution in [0.1, 0.15) is 11.3 Å². The van der Waals surface area contributed by atoms with E-state index in [0.717, 1.165) is 0 Å². The quantitative estimate of drug-likeness (QED) is 0.518. The highest BCUT2D eigenvalue weighted by Gasteiger charge is 2.16. The molecule has 3 rings (SSSR count). The van der Waals surface area contributed by atoms with E-state index in [1.807, 2.05) is 5.32 Å². The maximum absolute atomic E-state index is 10.7.